The van der Waals surface area contributed by atoms with E-state index in [0.717, 1.165) is 18.4 Å². The van der Waals surface area contributed by atoms with Crippen LogP contribution in [-0.4, -0.2) is 37.2 Å². The van der Waals surface area contributed by atoms with Gasteiger partial charge in [-0.1, -0.05) is 0 Å². The zero-order valence-electron chi connectivity index (χ0n) is 19.4. The van der Waals surface area contributed by atoms with Gasteiger partial charge in [0.1, 0.15) is 17.3 Å². The molecule has 0 radical (unpaired) electrons. The van der Waals surface area contributed by atoms with E-state index < -0.39 is 33.2 Å². The minimum atomic E-state index is -3.65. The van der Waals surface area contributed by atoms with Crippen LogP contribution in [-0.2, 0) is 14.8 Å². The molecule has 0 bridgehead atoms. The van der Waals surface area contributed by atoms with Gasteiger partial charge in [0.15, 0.2) is 11.6 Å². The van der Waals surface area contributed by atoms with Crippen LogP contribution in [0.4, 0.5) is 14.5 Å². The molecular weight excluding hydrogens is 496 g/mol. The number of carbonyl (C=O) groups excluding carboxylic acids is 1. The molecule has 2 aromatic heterocycles. The van der Waals surface area contributed by atoms with Crippen LogP contribution < -0.4 is 15.0 Å². The molecule has 12 heteroatoms. The third kappa shape index (κ3) is 5.08. The molecule has 0 saturated heterocycles. The van der Waals surface area contributed by atoms with Gasteiger partial charge in [0.05, 0.1) is 23.9 Å². The van der Waals surface area contributed by atoms with Crippen molar-refractivity contribution in [3.8, 4) is 22.8 Å². The Kier molecular flexibility index (Phi) is 6.55. The lowest BCUT2D eigenvalue weighted by Gasteiger charge is -2.14. The minimum Gasteiger partial charge on any atom is -0.461 e. The van der Waals surface area contributed by atoms with Gasteiger partial charge < -0.3 is 19.4 Å². The van der Waals surface area contributed by atoms with Crippen LogP contribution in [0.3, 0.4) is 0 Å². The zero-order chi connectivity index (χ0) is 26.2. The van der Waals surface area contributed by atoms with Crippen LogP contribution in [0.1, 0.15) is 23.1 Å². The highest BCUT2D eigenvalue weighted by molar-refractivity contribution is 7.92. The quantitative estimate of drug-likeness (QED) is 0.311. The van der Waals surface area contributed by atoms with E-state index in [1.807, 2.05) is 0 Å². The lowest BCUT2D eigenvalue weighted by molar-refractivity contribution is 0.0519. The van der Waals surface area contributed by atoms with Crippen molar-refractivity contribution >= 4 is 32.5 Å². The van der Waals surface area contributed by atoms with E-state index in [2.05, 4.69) is 14.7 Å². The molecule has 36 heavy (non-hydrogen) atoms. The fourth-order valence-corrected chi connectivity index (χ4v) is 4.30. The minimum absolute atomic E-state index is 0.0701. The summed E-state index contributed by atoms with van der Waals surface area (Å²) in [5.41, 5.74) is 0.520. The molecule has 0 fully saturated rings. The molecule has 0 spiro atoms. The van der Waals surface area contributed by atoms with Gasteiger partial charge in [0.2, 0.25) is 10.0 Å². The number of nitrogens with one attached hydrogen (secondary N) is 3. The second-order valence-electron chi connectivity index (χ2n) is 7.91. The summed E-state index contributed by atoms with van der Waals surface area (Å²) in [6.45, 7) is 3.36. The Bertz CT molecular complexity index is 1660. The molecule has 3 N–H and O–H groups in total. The van der Waals surface area contributed by atoms with Crippen LogP contribution in [0, 0.1) is 18.6 Å². The average Bonchev–Trinajstić information content (AvgIpc) is 3.12. The van der Waals surface area contributed by atoms with Crippen molar-refractivity contribution in [2.24, 2.45) is 0 Å². The van der Waals surface area contributed by atoms with Gasteiger partial charge in [-0.3, -0.25) is 9.52 Å². The van der Waals surface area contributed by atoms with Crippen LogP contribution >= 0.6 is 0 Å². The Morgan fingerprint density at radius 3 is 2.44 bits per heavy atom. The first kappa shape index (κ1) is 24.9. The molecule has 0 saturated carbocycles. The maximum Gasteiger partial charge on any atom is 0.354 e. The van der Waals surface area contributed by atoms with E-state index >= 15 is 0 Å². The van der Waals surface area contributed by atoms with E-state index in [9.17, 15) is 26.8 Å². The van der Waals surface area contributed by atoms with Gasteiger partial charge in [0, 0.05) is 28.4 Å². The monoisotopic (exact) mass is 517 g/mol. The maximum atomic E-state index is 14.3. The summed E-state index contributed by atoms with van der Waals surface area (Å²) in [5.74, 6) is -2.68. The molecule has 0 amide bonds. The first-order valence-electron chi connectivity index (χ1n) is 10.6. The lowest BCUT2D eigenvalue weighted by atomic mass is 10.1. The number of esters is 1. The van der Waals surface area contributed by atoms with Crippen molar-refractivity contribution in [3.05, 3.63) is 75.8 Å². The molecule has 188 valence electrons. The first-order chi connectivity index (χ1) is 17.0. The summed E-state index contributed by atoms with van der Waals surface area (Å²) in [6.07, 6.45) is 0.977. The second kappa shape index (κ2) is 9.46. The van der Waals surface area contributed by atoms with Crippen molar-refractivity contribution < 1.29 is 31.5 Å². The van der Waals surface area contributed by atoms with Gasteiger partial charge >= 0.3 is 5.97 Å². The van der Waals surface area contributed by atoms with Crippen molar-refractivity contribution in [2.45, 2.75) is 13.8 Å². The number of aromatic amines is 2. The molecule has 0 aliphatic heterocycles. The Balaban J connectivity index is 1.96. The van der Waals surface area contributed by atoms with E-state index in [0.29, 0.717) is 22.8 Å². The number of sulfonamides is 1. The number of benzene rings is 2. The molecule has 4 aromatic rings. The number of rotatable bonds is 7. The Labute approximate surface area is 204 Å². The van der Waals surface area contributed by atoms with E-state index in [1.165, 1.54) is 24.3 Å². The zero-order valence-corrected chi connectivity index (χ0v) is 20.2. The van der Waals surface area contributed by atoms with Gasteiger partial charge in [-0.2, -0.15) is 0 Å². The van der Waals surface area contributed by atoms with Crippen LogP contribution in [0.15, 0.2) is 47.3 Å². The van der Waals surface area contributed by atoms with Gasteiger partial charge in [-0.25, -0.2) is 22.0 Å². The fraction of sp³-hybridized carbons (Fsp3) is 0.167. The number of hydrogen-bond acceptors (Lipinski definition) is 6. The topological polar surface area (TPSA) is 130 Å². The first-order valence-corrected chi connectivity index (χ1v) is 12.5. The second-order valence-corrected chi connectivity index (χ2v) is 9.66. The highest BCUT2D eigenvalue weighted by Gasteiger charge is 2.21. The van der Waals surface area contributed by atoms with Gasteiger partial charge in [-0.05, 0) is 50.2 Å². The number of anilines is 1. The third-order valence-electron chi connectivity index (χ3n) is 5.15. The summed E-state index contributed by atoms with van der Waals surface area (Å²) in [7, 11) is -3.65. The third-order valence-corrected chi connectivity index (χ3v) is 5.76. The Morgan fingerprint density at radius 2 is 1.78 bits per heavy atom. The number of aromatic nitrogens is 2. The smallest absolute Gasteiger partial charge is 0.354 e. The van der Waals surface area contributed by atoms with Gasteiger partial charge in [-0.15, -0.1) is 0 Å². The predicted octanol–water partition coefficient (Wildman–Crippen LogP) is 4.45. The van der Waals surface area contributed by atoms with Crippen LogP contribution in [0.5, 0.6) is 11.5 Å². The predicted molar refractivity (Wildman–Crippen MR) is 130 cm³/mol. The molecule has 0 aliphatic rings. The number of halogens is 2. The van der Waals surface area contributed by atoms with Crippen molar-refractivity contribution in [1.29, 1.82) is 0 Å². The number of fused-ring (bicyclic) bond motifs is 1. The molecule has 4 rings (SSSR count). The lowest BCUT2D eigenvalue weighted by Crippen LogP contribution is -2.15. The number of ether oxygens (including phenoxy) is 2. The van der Waals surface area contributed by atoms with E-state index in [1.54, 1.807) is 13.8 Å². The summed E-state index contributed by atoms with van der Waals surface area (Å²) in [6, 6.07) is 8.44. The molecule has 9 nitrogen and oxygen atoms in total. The largest absolute Gasteiger partial charge is 0.461 e. The number of aryl methyl sites for hydroxylation is 1. The average molecular weight is 518 g/mol. The molecule has 2 heterocycles. The SMILES string of the molecule is CCOC(=O)c1cc2c(-c3cc(NS(C)(=O)=O)ccc3Oc3ccc(F)cc3F)[nH]c(C)c2c(=O)[nH]1. The molecule has 0 atom stereocenters. The molecule has 0 aliphatic carbocycles. The summed E-state index contributed by atoms with van der Waals surface area (Å²) < 4.78 is 64.4. The van der Waals surface area contributed by atoms with Crippen LogP contribution in [0.2, 0.25) is 0 Å². The summed E-state index contributed by atoms with van der Waals surface area (Å²) in [4.78, 5) is 30.6. The standard InChI is InChI=1S/C24H21F2N3O6S/c1-4-34-24(31)18-11-16-21(23(30)28-18)12(2)27-22(16)15-10-14(29-36(3,32)33)6-8-19(15)35-20-7-5-13(25)9-17(20)26/h5-11,27,29H,4H2,1-3H3,(H,28,30). The van der Waals surface area contributed by atoms with Crippen LogP contribution in [0.25, 0.3) is 22.0 Å². The van der Waals surface area contributed by atoms with E-state index in [-0.39, 0.29) is 40.4 Å². The number of H-pyrrole nitrogens is 2. The fourth-order valence-electron chi connectivity index (χ4n) is 3.75. The normalized spacial score (nSPS) is 11.5. The summed E-state index contributed by atoms with van der Waals surface area (Å²) >= 11 is 0. The van der Waals surface area contributed by atoms with E-state index in [4.69, 9.17) is 9.47 Å². The number of hydrogen-bond donors (Lipinski definition) is 3. The van der Waals surface area contributed by atoms with Crippen molar-refractivity contribution in [2.75, 3.05) is 17.6 Å². The number of pyridine rings is 1. The molecule has 0 unspecified atom stereocenters. The van der Waals surface area contributed by atoms with Crippen molar-refractivity contribution in [1.82, 2.24) is 9.97 Å². The highest BCUT2D eigenvalue weighted by atomic mass is 32.2. The summed E-state index contributed by atoms with van der Waals surface area (Å²) in [5, 5.41) is 0.568. The molecule has 2 aromatic carbocycles. The Morgan fingerprint density at radius 1 is 1.06 bits per heavy atom. The maximum absolute atomic E-state index is 14.3. The van der Waals surface area contributed by atoms with Crippen molar-refractivity contribution in [3.63, 3.8) is 0 Å². The highest BCUT2D eigenvalue weighted by Crippen LogP contribution is 2.39. The molecular formula is C24H21F2N3O6S. The number of carbonyl (C=O) groups is 1. The Hall–Kier alpha value is -4.19. The van der Waals surface area contributed by atoms with Gasteiger partial charge in [0.25, 0.3) is 5.56 Å².